The number of amides is 1. The molecule has 22 heavy (non-hydrogen) atoms. The van der Waals surface area contributed by atoms with E-state index in [1.165, 1.54) is 0 Å². The maximum Gasteiger partial charge on any atom is 0.408 e. The predicted octanol–water partition coefficient (Wildman–Crippen LogP) is 3.75. The Balaban J connectivity index is 3.16. The third kappa shape index (κ3) is 4.73. The van der Waals surface area contributed by atoms with Gasteiger partial charge in [-0.15, -0.1) is 0 Å². The van der Waals surface area contributed by atoms with Gasteiger partial charge >= 0.3 is 12.1 Å². The molecule has 0 aromatic heterocycles. The molecule has 0 saturated carbocycles. The van der Waals surface area contributed by atoms with Crippen LogP contribution in [0.25, 0.3) is 0 Å². The lowest BCUT2D eigenvalue weighted by Gasteiger charge is -2.31. The quantitative estimate of drug-likeness (QED) is 0.818. The SMILES string of the molecule is CCOC(=O)[C@@](C)(NC(=O)OC(C)(C)C)c1ccccc1Br. The van der Waals surface area contributed by atoms with Gasteiger partial charge in [0.2, 0.25) is 0 Å². The molecule has 1 aromatic carbocycles. The van der Waals surface area contributed by atoms with Crippen LogP contribution in [0.2, 0.25) is 0 Å². The van der Waals surface area contributed by atoms with Gasteiger partial charge < -0.3 is 14.8 Å². The fourth-order valence-electron chi connectivity index (χ4n) is 1.88. The van der Waals surface area contributed by atoms with Crippen LogP contribution >= 0.6 is 15.9 Å². The number of hydrogen-bond acceptors (Lipinski definition) is 4. The monoisotopic (exact) mass is 371 g/mol. The summed E-state index contributed by atoms with van der Waals surface area (Å²) in [4.78, 5) is 24.5. The molecular formula is C16H22BrNO4. The van der Waals surface area contributed by atoms with E-state index < -0.39 is 23.2 Å². The zero-order valence-corrected chi connectivity index (χ0v) is 15.1. The number of esters is 1. The summed E-state index contributed by atoms with van der Waals surface area (Å²) in [6.45, 7) is 8.79. The zero-order valence-electron chi connectivity index (χ0n) is 13.5. The molecule has 0 aliphatic heterocycles. The summed E-state index contributed by atoms with van der Waals surface area (Å²) < 4.78 is 11.1. The summed E-state index contributed by atoms with van der Waals surface area (Å²) in [5.41, 5.74) is -1.41. The molecule has 1 amide bonds. The molecule has 1 rings (SSSR count). The van der Waals surface area contributed by atoms with E-state index in [4.69, 9.17) is 9.47 Å². The number of ether oxygens (including phenoxy) is 2. The third-order valence-electron chi connectivity index (χ3n) is 2.85. The molecule has 0 saturated heterocycles. The van der Waals surface area contributed by atoms with Crippen LogP contribution < -0.4 is 5.32 Å². The predicted molar refractivity (Wildman–Crippen MR) is 87.5 cm³/mol. The van der Waals surface area contributed by atoms with Crippen molar-refractivity contribution >= 4 is 28.0 Å². The molecule has 1 atom stereocenters. The Morgan fingerprint density at radius 2 is 1.77 bits per heavy atom. The van der Waals surface area contributed by atoms with Crippen LogP contribution in [0.1, 0.15) is 40.2 Å². The number of halogens is 1. The highest BCUT2D eigenvalue weighted by Crippen LogP contribution is 2.30. The lowest BCUT2D eigenvalue weighted by Crippen LogP contribution is -2.52. The maximum atomic E-state index is 12.4. The first kappa shape index (κ1) is 18.5. The molecule has 1 N–H and O–H groups in total. The minimum Gasteiger partial charge on any atom is -0.464 e. The lowest BCUT2D eigenvalue weighted by molar-refractivity contribution is -0.151. The van der Waals surface area contributed by atoms with Crippen molar-refractivity contribution in [1.29, 1.82) is 0 Å². The van der Waals surface area contributed by atoms with Gasteiger partial charge in [0, 0.05) is 10.0 Å². The van der Waals surface area contributed by atoms with Gasteiger partial charge in [-0.05, 0) is 40.7 Å². The Labute approximate surface area is 139 Å². The van der Waals surface area contributed by atoms with Gasteiger partial charge in [-0.25, -0.2) is 9.59 Å². The van der Waals surface area contributed by atoms with Gasteiger partial charge in [-0.1, -0.05) is 34.1 Å². The van der Waals surface area contributed by atoms with Crippen LogP contribution in [0.4, 0.5) is 4.79 Å². The van der Waals surface area contributed by atoms with Gasteiger partial charge in [0.1, 0.15) is 5.60 Å². The smallest absolute Gasteiger partial charge is 0.408 e. The minimum atomic E-state index is -1.35. The second-order valence-electron chi connectivity index (χ2n) is 5.95. The molecule has 1 aromatic rings. The van der Waals surface area contributed by atoms with Crippen molar-refractivity contribution in [3.8, 4) is 0 Å². The highest BCUT2D eigenvalue weighted by Gasteiger charge is 2.41. The minimum absolute atomic E-state index is 0.217. The van der Waals surface area contributed by atoms with Gasteiger partial charge in [0.25, 0.3) is 0 Å². The fraction of sp³-hybridized carbons (Fsp3) is 0.500. The number of carbonyl (C=O) groups is 2. The standard InChI is InChI=1S/C16H22BrNO4/c1-6-21-13(19)16(5,11-9-7-8-10-12(11)17)18-14(20)22-15(2,3)4/h7-10H,6H2,1-5H3,(H,18,20)/t16-/m0/s1. The van der Waals surface area contributed by atoms with Crippen molar-refractivity contribution < 1.29 is 19.1 Å². The van der Waals surface area contributed by atoms with E-state index in [2.05, 4.69) is 21.2 Å². The zero-order chi connectivity index (χ0) is 17.0. The number of carbonyl (C=O) groups excluding carboxylic acids is 2. The summed E-state index contributed by atoms with van der Waals surface area (Å²) in [6, 6.07) is 7.16. The maximum absolute atomic E-state index is 12.4. The van der Waals surface area contributed by atoms with Crippen LogP contribution in [0.5, 0.6) is 0 Å². The van der Waals surface area contributed by atoms with Crippen molar-refractivity contribution in [2.75, 3.05) is 6.61 Å². The molecule has 122 valence electrons. The topological polar surface area (TPSA) is 64.6 Å². The van der Waals surface area contributed by atoms with Gasteiger partial charge in [0.15, 0.2) is 5.54 Å². The molecule has 0 radical (unpaired) electrons. The fourth-order valence-corrected chi connectivity index (χ4v) is 2.56. The van der Waals surface area contributed by atoms with Gasteiger partial charge in [-0.3, -0.25) is 0 Å². The summed E-state index contributed by atoms with van der Waals surface area (Å²) in [5, 5.41) is 2.63. The Bertz CT molecular complexity index is 553. The summed E-state index contributed by atoms with van der Waals surface area (Å²) in [7, 11) is 0. The molecule has 0 bridgehead atoms. The number of nitrogens with one attached hydrogen (secondary N) is 1. The van der Waals surface area contributed by atoms with Crippen LogP contribution in [-0.4, -0.2) is 24.3 Å². The average molecular weight is 372 g/mol. The summed E-state index contributed by atoms with van der Waals surface area (Å²) >= 11 is 3.40. The molecule has 0 unspecified atom stereocenters. The van der Waals surface area contributed by atoms with E-state index in [-0.39, 0.29) is 6.61 Å². The van der Waals surface area contributed by atoms with Gasteiger partial charge in [-0.2, -0.15) is 0 Å². The van der Waals surface area contributed by atoms with E-state index in [0.717, 1.165) is 0 Å². The Kier molecular flexibility index (Phi) is 6.00. The normalized spacial score (nSPS) is 13.9. The highest BCUT2D eigenvalue weighted by molar-refractivity contribution is 9.10. The molecule has 0 heterocycles. The first-order chi connectivity index (χ1) is 10.1. The molecule has 0 spiro atoms. The highest BCUT2D eigenvalue weighted by atomic mass is 79.9. The molecule has 0 aliphatic carbocycles. The van der Waals surface area contributed by atoms with Crippen LogP contribution in [0.3, 0.4) is 0 Å². The second kappa shape index (κ2) is 7.13. The first-order valence-electron chi connectivity index (χ1n) is 7.03. The summed E-state index contributed by atoms with van der Waals surface area (Å²) in [5.74, 6) is -0.548. The van der Waals surface area contributed by atoms with E-state index in [1.807, 2.05) is 6.07 Å². The van der Waals surface area contributed by atoms with Crippen molar-refractivity contribution in [2.45, 2.75) is 45.8 Å². The molecule has 5 nitrogen and oxygen atoms in total. The van der Waals surface area contributed by atoms with Crippen molar-refractivity contribution in [2.24, 2.45) is 0 Å². The van der Waals surface area contributed by atoms with E-state index in [0.29, 0.717) is 10.0 Å². The number of benzene rings is 1. The molecule has 0 aliphatic rings. The van der Waals surface area contributed by atoms with E-state index >= 15 is 0 Å². The largest absolute Gasteiger partial charge is 0.464 e. The Morgan fingerprint density at radius 1 is 1.18 bits per heavy atom. The summed E-state index contributed by atoms with van der Waals surface area (Å²) in [6.07, 6.45) is -0.682. The molecule has 0 fully saturated rings. The van der Waals surface area contributed by atoms with Gasteiger partial charge in [0.05, 0.1) is 6.61 Å². The van der Waals surface area contributed by atoms with E-state index in [9.17, 15) is 9.59 Å². The van der Waals surface area contributed by atoms with E-state index in [1.54, 1.807) is 52.8 Å². The number of alkyl carbamates (subject to hydrolysis) is 1. The lowest BCUT2D eigenvalue weighted by atomic mass is 9.92. The Morgan fingerprint density at radius 3 is 2.27 bits per heavy atom. The second-order valence-corrected chi connectivity index (χ2v) is 6.81. The average Bonchev–Trinajstić information content (AvgIpc) is 2.36. The van der Waals surface area contributed by atoms with Crippen LogP contribution in [-0.2, 0) is 19.8 Å². The number of rotatable bonds is 4. The first-order valence-corrected chi connectivity index (χ1v) is 7.83. The van der Waals surface area contributed by atoms with Crippen molar-refractivity contribution in [1.82, 2.24) is 5.32 Å². The van der Waals surface area contributed by atoms with Crippen molar-refractivity contribution in [3.05, 3.63) is 34.3 Å². The van der Waals surface area contributed by atoms with Crippen LogP contribution in [0, 0.1) is 0 Å². The molecular weight excluding hydrogens is 350 g/mol. The Hall–Kier alpha value is -1.56. The molecule has 6 heteroatoms. The van der Waals surface area contributed by atoms with Crippen LogP contribution in [0.15, 0.2) is 28.7 Å². The number of hydrogen-bond donors (Lipinski definition) is 1. The van der Waals surface area contributed by atoms with Crippen molar-refractivity contribution in [3.63, 3.8) is 0 Å². The third-order valence-corrected chi connectivity index (χ3v) is 3.54.